The molecule has 1 unspecified atom stereocenters. The van der Waals surface area contributed by atoms with E-state index < -0.39 is 5.60 Å². The van der Waals surface area contributed by atoms with Crippen molar-refractivity contribution in [1.29, 1.82) is 0 Å². The number of hydrogen-bond acceptors (Lipinski definition) is 4. The molecule has 0 radical (unpaired) electrons. The molecule has 1 aliphatic heterocycles. The van der Waals surface area contributed by atoms with Gasteiger partial charge in [-0.05, 0) is 35.9 Å². The molecule has 0 aromatic heterocycles. The predicted molar refractivity (Wildman–Crippen MR) is 78.7 cm³/mol. The first-order valence-corrected chi connectivity index (χ1v) is 6.45. The third-order valence-corrected chi connectivity index (χ3v) is 3.70. The lowest BCUT2D eigenvalue weighted by molar-refractivity contribution is 0.158. The van der Waals surface area contributed by atoms with Crippen LogP contribution in [0, 0.1) is 0 Å². The zero-order valence-electron chi connectivity index (χ0n) is 10.8. The molecule has 0 bridgehead atoms. The summed E-state index contributed by atoms with van der Waals surface area (Å²) in [5.41, 5.74) is 6.34. The van der Waals surface area contributed by atoms with Crippen LogP contribution < -0.4 is 10.5 Å². The van der Waals surface area contributed by atoms with Crippen LogP contribution in [0.4, 0.5) is 5.69 Å². The molecular weight excluding hydrogens is 276 g/mol. The third kappa shape index (κ3) is 1.77. The molecule has 0 amide bonds. The Hall–Kier alpha value is -2.04. The number of aliphatic imine (C=N–C) groups is 1. The molecule has 3 rings (SSSR count). The van der Waals surface area contributed by atoms with Gasteiger partial charge in [0.05, 0.1) is 12.8 Å². The number of nitrogens with two attached hydrogens (primary N) is 1. The minimum absolute atomic E-state index is 0.139. The van der Waals surface area contributed by atoms with Crippen LogP contribution in [0.2, 0.25) is 5.02 Å². The van der Waals surface area contributed by atoms with Crippen molar-refractivity contribution in [2.75, 3.05) is 7.11 Å². The van der Waals surface area contributed by atoms with Gasteiger partial charge in [0.15, 0.2) is 5.60 Å². The quantitative estimate of drug-likeness (QED) is 0.892. The van der Waals surface area contributed by atoms with Gasteiger partial charge >= 0.3 is 0 Å². The van der Waals surface area contributed by atoms with Crippen LogP contribution in [0.15, 0.2) is 47.5 Å². The Morgan fingerprint density at radius 3 is 2.55 bits per heavy atom. The maximum atomic E-state index is 11.0. The number of fused-ring (bicyclic) bond motifs is 1. The van der Waals surface area contributed by atoms with Crippen LogP contribution in [0.25, 0.3) is 0 Å². The largest absolute Gasteiger partial charge is 0.497 e. The average molecular weight is 289 g/mol. The molecule has 0 saturated carbocycles. The molecule has 102 valence electrons. The Bertz CT molecular complexity index is 698. The second kappa shape index (κ2) is 4.51. The molecular formula is C15H13ClN2O2. The lowest BCUT2D eigenvalue weighted by atomic mass is 9.86. The third-order valence-electron chi connectivity index (χ3n) is 3.47. The number of nitrogens with zero attached hydrogens (tertiary/aromatic N) is 1. The number of aliphatic hydroxyl groups is 1. The van der Waals surface area contributed by atoms with Crippen LogP contribution >= 0.6 is 11.6 Å². The zero-order chi connectivity index (χ0) is 14.3. The van der Waals surface area contributed by atoms with Crippen LogP contribution in [-0.2, 0) is 5.60 Å². The number of rotatable bonds is 2. The molecule has 1 atom stereocenters. The summed E-state index contributed by atoms with van der Waals surface area (Å²) in [6, 6.07) is 12.2. The molecule has 1 aliphatic rings. The van der Waals surface area contributed by atoms with Crippen LogP contribution in [0.1, 0.15) is 11.1 Å². The lowest BCUT2D eigenvalue weighted by Crippen LogP contribution is -2.39. The van der Waals surface area contributed by atoms with E-state index in [1.165, 1.54) is 0 Å². The number of ether oxygens (including phenoxy) is 1. The topological polar surface area (TPSA) is 67.8 Å². The summed E-state index contributed by atoms with van der Waals surface area (Å²) in [4.78, 5) is 4.22. The Labute approximate surface area is 121 Å². The van der Waals surface area contributed by atoms with E-state index >= 15 is 0 Å². The van der Waals surface area contributed by atoms with Gasteiger partial charge in [-0.2, -0.15) is 0 Å². The number of halogens is 1. The van der Waals surface area contributed by atoms with E-state index in [1.54, 1.807) is 49.6 Å². The maximum Gasteiger partial charge on any atom is 0.174 e. The Kier molecular flexibility index (Phi) is 2.92. The van der Waals surface area contributed by atoms with Crippen LogP contribution in [0.3, 0.4) is 0 Å². The fourth-order valence-electron chi connectivity index (χ4n) is 2.38. The van der Waals surface area contributed by atoms with Crippen molar-refractivity contribution in [3.63, 3.8) is 0 Å². The summed E-state index contributed by atoms with van der Waals surface area (Å²) in [7, 11) is 1.59. The van der Waals surface area contributed by atoms with Crippen molar-refractivity contribution in [2.24, 2.45) is 10.7 Å². The van der Waals surface area contributed by atoms with E-state index in [-0.39, 0.29) is 5.84 Å². The smallest absolute Gasteiger partial charge is 0.174 e. The number of benzene rings is 2. The highest BCUT2D eigenvalue weighted by atomic mass is 35.5. The highest BCUT2D eigenvalue weighted by Gasteiger charge is 2.42. The van der Waals surface area contributed by atoms with E-state index in [1.807, 2.05) is 0 Å². The fraction of sp³-hybridized carbons (Fsp3) is 0.133. The monoisotopic (exact) mass is 288 g/mol. The van der Waals surface area contributed by atoms with Crippen LogP contribution in [-0.4, -0.2) is 18.1 Å². The summed E-state index contributed by atoms with van der Waals surface area (Å²) in [6.07, 6.45) is 0. The van der Waals surface area contributed by atoms with Gasteiger partial charge in [-0.15, -0.1) is 0 Å². The summed E-state index contributed by atoms with van der Waals surface area (Å²) >= 11 is 6.01. The molecule has 0 fully saturated rings. The Morgan fingerprint density at radius 1 is 1.20 bits per heavy atom. The van der Waals surface area contributed by atoms with Crippen molar-refractivity contribution in [3.05, 3.63) is 58.6 Å². The highest BCUT2D eigenvalue weighted by molar-refractivity contribution is 6.30. The summed E-state index contributed by atoms with van der Waals surface area (Å²) < 4.78 is 5.12. The minimum Gasteiger partial charge on any atom is -0.497 e. The minimum atomic E-state index is -1.45. The van der Waals surface area contributed by atoms with Crippen molar-refractivity contribution in [2.45, 2.75) is 5.60 Å². The van der Waals surface area contributed by atoms with E-state index in [9.17, 15) is 5.11 Å². The fourth-order valence-corrected chi connectivity index (χ4v) is 2.55. The van der Waals surface area contributed by atoms with E-state index in [4.69, 9.17) is 22.1 Å². The number of hydrogen-bond donors (Lipinski definition) is 2. The van der Waals surface area contributed by atoms with Crippen molar-refractivity contribution >= 4 is 23.1 Å². The van der Waals surface area contributed by atoms with Gasteiger partial charge in [-0.25, -0.2) is 4.99 Å². The highest BCUT2D eigenvalue weighted by Crippen LogP contribution is 2.43. The number of methoxy groups -OCH3 is 1. The molecule has 1 heterocycles. The molecule has 0 saturated heterocycles. The van der Waals surface area contributed by atoms with Crippen molar-refractivity contribution < 1.29 is 9.84 Å². The molecule has 3 N–H and O–H groups in total. The van der Waals surface area contributed by atoms with E-state index in [0.717, 1.165) is 0 Å². The Morgan fingerprint density at radius 2 is 1.90 bits per heavy atom. The summed E-state index contributed by atoms with van der Waals surface area (Å²) in [5.74, 6) is 0.845. The van der Waals surface area contributed by atoms with Gasteiger partial charge in [0.2, 0.25) is 0 Å². The van der Waals surface area contributed by atoms with Crippen LogP contribution in [0.5, 0.6) is 5.75 Å². The van der Waals surface area contributed by atoms with Gasteiger partial charge < -0.3 is 15.6 Å². The predicted octanol–water partition coefficient (Wildman–Crippen LogP) is 2.59. The first-order valence-electron chi connectivity index (χ1n) is 6.07. The molecule has 0 aliphatic carbocycles. The molecule has 2 aromatic rings. The lowest BCUT2D eigenvalue weighted by Gasteiger charge is -2.25. The number of amidine groups is 1. The van der Waals surface area contributed by atoms with Gasteiger partial charge in [0.1, 0.15) is 11.6 Å². The molecule has 2 aromatic carbocycles. The zero-order valence-corrected chi connectivity index (χ0v) is 11.6. The first-order chi connectivity index (χ1) is 9.55. The summed E-state index contributed by atoms with van der Waals surface area (Å²) in [6.45, 7) is 0. The molecule has 4 nitrogen and oxygen atoms in total. The molecule has 5 heteroatoms. The second-order valence-corrected chi connectivity index (χ2v) is 5.03. The maximum absolute atomic E-state index is 11.0. The Balaban J connectivity index is 2.16. The van der Waals surface area contributed by atoms with E-state index in [0.29, 0.717) is 27.6 Å². The van der Waals surface area contributed by atoms with E-state index in [2.05, 4.69) is 4.99 Å². The first kappa shape index (κ1) is 13.0. The molecule has 0 spiro atoms. The van der Waals surface area contributed by atoms with Gasteiger partial charge in [-0.1, -0.05) is 23.7 Å². The van der Waals surface area contributed by atoms with Crippen molar-refractivity contribution in [3.8, 4) is 5.75 Å². The van der Waals surface area contributed by atoms with Crippen molar-refractivity contribution in [1.82, 2.24) is 0 Å². The van der Waals surface area contributed by atoms with Gasteiger partial charge in [-0.3, -0.25) is 0 Å². The standard InChI is InChI=1S/C15H13ClN2O2/c1-20-11-5-2-9(3-6-11)15(19)12-8-10(16)4-7-13(12)18-14(15)17/h2-8,19H,1H3,(H2,17,18). The SMILES string of the molecule is COc1ccc(C2(O)C(N)=Nc3ccc(Cl)cc32)cc1. The molecule has 20 heavy (non-hydrogen) atoms. The van der Waals surface area contributed by atoms with Gasteiger partial charge in [0.25, 0.3) is 0 Å². The second-order valence-electron chi connectivity index (χ2n) is 4.60. The normalized spacial score (nSPS) is 20.4. The van der Waals surface area contributed by atoms with Gasteiger partial charge in [0, 0.05) is 10.6 Å². The summed E-state index contributed by atoms with van der Waals surface area (Å²) in [5, 5.41) is 11.5. The average Bonchev–Trinajstić information content (AvgIpc) is 2.72.